The normalized spacial score (nSPS) is 11.2. The fourth-order valence-electron chi connectivity index (χ4n) is 1.57. The third kappa shape index (κ3) is 3.79. The molecule has 0 saturated heterocycles. The predicted octanol–water partition coefficient (Wildman–Crippen LogP) is 4.37. The molecule has 0 aliphatic rings. The molecule has 112 valence electrons. The quantitative estimate of drug-likeness (QED) is 0.481. The highest BCUT2D eigenvalue weighted by Gasteiger charge is 2.18. The molecule has 0 spiro atoms. The first kappa shape index (κ1) is 16.8. The SMILES string of the molecule is Cc1c(Br)cnc(NS(=O)(=O)c2ccc(Cl)cc2)c1NI. The summed E-state index contributed by atoms with van der Waals surface area (Å²) in [5, 5.41) is 0.473. The highest BCUT2D eigenvalue weighted by Crippen LogP contribution is 2.31. The first-order valence-electron chi connectivity index (χ1n) is 5.65. The molecule has 1 aromatic heterocycles. The number of nitrogens with zero attached hydrogens (tertiary/aromatic N) is 1. The minimum Gasteiger partial charge on any atom is -0.325 e. The molecule has 9 heteroatoms. The van der Waals surface area contributed by atoms with Crippen LogP contribution in [-0.4, -0.2) is 13.4 Å². The number of aromatic nitrogens is 1. The van der Waals surface area contributed by atoms with Crippen LogP contribution in [0.4, 0.5) is 11.5 Å². The van der Waals surface area contributed by atoms with E-state index in [0.29, 0.717) is 10.7 Å². The van der Waals surface area contributed by atoms with Gasteiger partial charge in [-0.1, -0.05) is 11.6 Å². The fourth-order valence-corrected chi connectivity index (χ4v) is 3.68. The van der Waals surface area contributed by atoms with E-state index in [1.165, 1.54) is 24.3 Å². The molecule has 0 saturated carbocycles. The van der Waals surface area contributed by atoms with Crippen LogP contribution in [0.15, 0.2) is 39.8 Å². The molecule has 0 unspecified atom stereocenters. The number of rotatable bonds is 4. The van der Waals surface area contributed by atoms with Crippen molar-refractivity contribution in [1.82, 2.24) is 4.98 Å². The van der Waals surface area contributed by atoms with E-state index in [9.17, 15) is 8.42 Å². The Morgan fingerprint density at radius 3 is 2.48 bits per heavy atom. The standard InChI is InChI=1S/C12H10BrClIN3O2S/c1-7-10(13)6-16-12(11(7)17-15)18-21(19,20)9-4-2-8(14)3-5-9/h2-6,17H,1H3,(H,16,18). The van der Waals surface area contributed by atoms with Crippen molar-refractivity contribution in [3.63, 3.8) is 0 Å². The van der Waals surface area contributed by atoms with E-state index < -0.39 is 10.0 Å². The smallest absolute Gasteiger partial charge is 0.263 e. The molecule has 0 aliphatic carbocycles. The van der Waals surface area contributed by atoms with Gasteiger partial charge in [-0.25, -0.2) is 13.4 Å². The highest BCUT2D eigenvalue weighted by atomic mass is 127. The number of anilines is 2. The summed E-state index contributed by atoms with van der Waals surface area (Å²) in [6, 6.07) is 5.92. The van der Waals surface area contributed by atoms with Gasteiger partial charge in [0.25, 0.3) is 10.0 Å². The minimum absolute atomic E-state index is 0.119. The Morgan fingerprint density at radius 2 is 1.90 bits per heavy atom. The van der Waals surface area contributed by atoms with Gasteiger partial charge < -0.3 is 3.53 Å². The van der Waals surface area contributed by atoms with E-state index in [-0.39, 0.29) is 10.7 Å². The zero-order valence-electron chi connectivity index (χ0n) is 10.7. The number of nitrogens with one attached hydrogen (secondary N) is 2. The zero-order valence-corrected chi connectivity index (χ0v) is 16.0. The summed E-state index contributed by atoms with van der Waals surface area (Å²) >= 11 is 11.0. The van der Waals surface area contributed by atoms with Crippen LogP contribution in [-0.2, 0) is 10.0 Å². The number of hydrogen-bond acceptors (Lipinski definition) is 4. The molecule has 0 bridgehead atoms. The lowest BCUT2D eigenvalue weighted by atomic mass is 10.2. The van der Waals surface area contributed by atoms with Crippen LogP contribution in [0.5, 0.6) is 0 Å². The van der Waals surface area contributed by atoms with E-state index in [0.717, 1.165) is 10.0 Å². The van der Waals surface area contributed by atoms with Gasteiger partial charge in [0.05, 0.1) is 33.4 Å². The Kier molecular flexibility index (Phi) is 5.33. The summed E-state index contributed by atoms with van der Waals surface area (Å²) in [5.41, 5.74) is 1.45. The van der Waals surface area contributed by atoms with Crippen molar-refractivity contribution >= 4 is 71.9 Å². The van der Waals surface area contributed by atoms with Gasteiger partial charge in [0.2, 0.25) is 0 Å². The van der Waals surface area contributed by atoms with E-state index >= 15 is 0 Å². The average molecular weight is 503 g/mol. The van der Waals surface area contributed by atoms with Crippen molar-refractivity contribution in [3.8, 4) is 0 Å². The highest BCUT2D eigenvalue weighted by molar-refractivity contribution is 14.1. The Hall–Kier alpha value is -0.580. The number of hydrogen-bond donors (Lipinski definition) is 2. The van der Waals surface area contributed by atoms with Gasteiger partial charge in [0.15, 0.2) is 5.82 Å². The van der Waals surface area contributed by atoms with Crippen LogP contribution in [0.1, 0.15) is 5.56 Å². The van der Waals surface area contributed by atoms with Gasteiger partial charge in [-0.3, -0.25) is 4.72 Å². The monoisotopic (exact) mass is 501 g/mol. The maximum absolute atomic E-state index is 12.3. The van der Waals surface area contributed by atoms with Gasteiger partial charge in [-0.2, -0.15) is 0 Å². The van der Waals surface area contributed by atoms with Crippen molar-refractivity contribution < 1.29 is 8.42 Å². The Balaban J connectivity index is 2.42. The third-order valence-corrected chi connectivity index (χ3v) is 5.67. The van der Waals surface area contributed by atoms with Crippen molar-refractivity contribution in [2.24, 2.45) is 0 Å². The topological polar surface area (TPSA) is 71.1 Å². The van der Waals surface area contributed by atoms with Crippen LogP contribution in [0, 0.1) is 6.92 Å². The summed E-state index contributed by atoms with van der Waals surface area (Å²) in [6.07, 6.45) is 1.55. The molecule has 5 nitrogen and oxygen atoms in total. The third-order valence-electron chi connectivity index (χ3n) is 2.73. The molecule has 1 heterocycles. The Bertz CT molecular complexity index is 769. The molecule has 0 radical (unpaired) electrons. The van der Waals surface area contributed by atoms with Gasteiger partial charge in [-0.15, -0.1) is 0 Å². The first-order chi connectivity index (χ1) is 9.85. The van der Waals surface area contributed by atoms with Gasteiger partial charge >= 0.3 is 0 Å². The molecule has 0 fully saturated rings. The van der Waals surface area contributed by atoms with E-state index in [1.54, 1.807) is 6.20 Å². The summed E-state index contributed by atoms with van der Waals surface area (Å²) < 4.78 is 30.9. The van der Waals surface area contributed by atoms with E-state index in [1.807, 2.05) is 29.8 Å². The molecule has 0 aliphatic heterocycles. The van der Waals surface area contributed by atoms with Crippen LogP contribution < -0.4 is 8.25 Å². The second-order valence-corrected chi connectivity index (χ2v) is 7.62. The fraction of sp³-hybridized carbons (Fsp3) is 0.0833. The predicted molar refractivity (Wildman–Crippen MR) is 96.6 cm³/mol. The average Bonchev–Trinajstić information content (AvgIpc) is 2.43. The molecule has 2 rings (SSSR count). The minimum atomic E-state index is -3.72. The Morgan fingerprint density at radius 1 is 1.29 bits per heavy atom. The number of pyridine rings is 1. The lowest BCUT2D eigenvalue weighted by Gasteiger charge is -2.13. The largest absolute Gasteiger partial charge is 0.325 e. The van der Waals surface area contributed by atoms with E-state index in [2.05, 4.69) is 29.2 Å². The van der Waals surface area contributed by atoms with Gasteiger partial charge in [-0.05, 0) is 52.7 Å². The maximum Gasteiger partial charge on any atom is 0.263 e. The summed E-state index contributed by atoms with van der Waals surface area (Å²) in [4.78, 5) is 4.23. The van der Waals surface area contributed by atoms with Gasteiger partial charge in [0, 0.05) is 15.7 Å². The molecule has 2 aromatic rings. The Labute approximate surface area is 150 Å². The lowest BCUT2D eigenvalue weighted by molar-refractivity contribution is 0.601. The number of benzene rings is 1. The lowest BCUT2D eigenvalue weighted by Crippen LogP contribution is -2.15. The van der Waals surface area contributed by atoms with Crippen molar-refractivity contribution in [3.05, 3.63) is 45.5 Å². The number of halogens is 3. The summed E-state index contributed by atoms with van der Waals surface area (Å²) in [7, 11) is -3.72. The van der Waals surface area contributed by atoms with Crippen molar-refractivity contribution in [2.75, 3.05) is 8.25 Å². The maximum atomic E-state index is 12.3. The second kappa shape index (κ2) is 6.67. The molecular formula is C12H10BrClIN3O2S. The molecule has 0 atom stereocenters. The van der Waals surface area contributed by atoms with Gasteiger partial charge in [0.1, 0.15) is 0 Å². The zero-order chi connectivity index (χ0) is 15.6. The molecule has 21 heavy (non-hydrogen) atoms. The summed E-state index contributed by atoms with van der Waals surface area (Å²) in [6.45, 7) is 1.85. The molecule has 0 amide bonds. The second-order valence-electron chi connectivity index (χ2n) is 4.11. The summed E-state index contributed by atoms with van der Waals surface area (Å²) in [5.74, 6) is 0.236. The van der Waals surface area contributed by atoms with Crippen molar-refractivity contribution in [2.45, 2.75) is 11.8 Å². The molecule has 2 N–H and O–H groups in total. The first-order valence-corrected chi connectivity index (χ1v) is 9.38. The molecule has 1 aromatic carbocycles. The molecular weight excluding hydrogens is 492 g/mol. The van der Waals surface area contributed by atoms with Crippen LogP contribution in [0.2, 0.25) is 5.02 Å². The van der Waals surface area contributed by atoms with Crippen LogP contribution in [0.3, 0.4) is 0 Å². The van der Waals surface area contributed by atoms with Crippen LogP contribution in [0.25, 0.3) is 0 Å². The van der Waals surface area contributed by atoms with Crippen LogP contribution >= 0.6 is 50.4 Å². The van der Waals surface area contributed by atoms with E-state index in [4.69, 9.17) is 11.6 Å². The number of sulfonamides is 1. The van der Waals surface area contributed by atoms with Crippen molar-refractivity contribution in [1.29, 1.82) is 0 Å².